The van der Waals surface area contributed by atoms with Gasteiger partial charge in [0.05, 0.1) is 15.9 Å². The summed E-state index contributed by atoms with van der Waals surface area (Å²) in [5.41, 5.74) is 1.95. The van der Waals surface area contributed by atoms with Gasteiger partial charge in [-0.05, 0) is 51.0 Å². The third-order valence-corrected chi connectivity index (χ3v) is 7.92. The predicted molar refractivity (Wildman–Crippen MR) is 102 cm³/mol. The Kier molecular flexibility index (Phi) is 5.71. The Balaban J connectivity index is 1.65. The standard InChI is InChI=1S/C19H23NO5S2/c1-15-3-7-18(8-4-15)26(21,22)20-13-11-17(12-14-20)25-27(23,24)19-9-5-16(2)6-10-19/h3-10,17H,11-14H2,1-2H3. The minimum atomic E-state index is -3.85. The molecule has 6 nitrogen and oxygen atoms in total. The van der Waals surface area contributed by atoms with Crippen molar-refractivity contribution >= 4 is 20.1 Å². The molecule has 0 aromatic heterocycles. The zero-order valence-electron chi connectivity index (χ0n) is 15.3. The van der Waals surface area contributed by atoms with Crippen LogP contribution in [0.4, 0.5) is 0 Å². The molecular weight excluding hydrogens is 386 g/mol. The van der Waals surface area contributed by atoms with Crippen LogP contribution in [-0.4, -0.2) is 40.3 Å². The molecule has 0 saturated carbocycles. The molecule has 0 aliphatic carbocycles. The number of aryl methyl sites for hydroxylation is 2. The van der Waals surface area contributed by atoms with E-state index in [2.05, 4.69) is 0 Å². The Bertz CT molecular complexity index is 989. The van der Waals surface area contributed by atoms with E-state index in [0.717, 1.165) is 11.1 Å². The fraction of sp³-hybridized carbons (Fsp3) is 0.368. The minimum Gasteiger partial charge on any atom is -0.263 e. The minimum absolute atomic E-state index is 0.114. The van der Waals surface area contributed by atoms with E-state index in [9.17, 15) is 16.8 Å². The molecule has 2 aromatic carbocycles. The molecule has 0 bridgehead atoms. The summed E-state index contributed by atoms with van der Waals surface area (Å²) in [5, 5.41) is 0. The number of rotatable bonds is 5. The number of nitrogens with zero attached hydrogens (tertiary/aromatic N) is 1. The number of benzene rings is 2. The number of piperidine rings is 1. The third-order valence-electron chi connectivity index (χ3n) is 4.63. The molecule has 3 rings (SSSR count). The van der Waals surface area contributed by atoms with E-state index in [0.29, 0.717) is 12.8 Å². The van der Waals surface area contributed by atoms with E-state index in [1.54, 1.807) is 36.4 Å². The van der Waals surface area contributed by atoms with E-state index in [1.165, 1.54) is 16.4 Å². The molecule has 1 saturated heterocycles. The Hall–Kier alpha value is -1.74. The lowest BCUT2D eigenvalue weighted by atomic mass is 10.1. The van der Waals surface area contributed by atoms with Gasteiger partial charge in [-0.3, -0.25) is 4.18 Å². The van der Waals surface area contributed by atoms with E-state index in [-0.39, 0.29) is 22.9 Å². The highest BCUT2D eigenvalue weighted by Gasteiger charge is 2.32. The second-order valence-electron chi connectivity index (χ2n) is 6.78. The van der Waals surface area contributed by atoms with Crippen LogP contribution in [0.5, 0.6) is 0 Å². The first-order valence-electron chi connectivity index (χ1n) is 8.75. The molecule has 27 heavy (non-hydrogen) atoms. The summed E-state index contributed by atoms with van der Waals surface area (Å²) >= 11 is 0. The van der Waals surface area contributed by atoms with Crippen LogP contribution in [0.3, 0.4) is 0 Å². The fourth-order valence-corrected chi connectivity index (χ4v) is 5.57. The second kappa shape index (κ2) is 7.71. The number of hydrogen-bond donors (Lipinski definition) is 0. The van der Waals surface area contributed by atoms with E-state index < -0.39 is 26.2 Å². The van der Waals surface area contributed by atoms with Crippen molar-refractivity contribution in [1.29, 1.82) is 0 Å². The summed E-state index contributed by atoms with van der Waals surface area (Å²) in [4.78, 5) is 0.363. The van der Waals surface area contributed by atoms with E-state index in [4.69, 9.17) is 4.18 Å². The van der Waals surface area contributed by atoms with E-state index >= 15 is 0 Å². The highest BCUT2D eigenvalue weighted by molar-refractivity contribution is 7.89. The lowest BCUT2D eigenvalue weighted by molar-refractivity contribution is 0.141. The Morgan fingerprint density at radius 3 is 1.70 bits per heavy atom. The molecule has 2 aromatic rings. The van der Waals surface area contributed by atoms with E-state index in [1.807, 2.05) is 13.8 Å². The summed E-state index contributed by atoms with van der Waals surface area (Å²) in [6.45, 7) is 4.23. The number of hydrogen-bond acceptors (Lipinski definition) is 5. The van der Waals surface area contributed by atoms with Crippen molar-refractivity contribution in [2.45, 2.75) is 42.6 Å². The predicted octanol–water partition coefficient (Wildman–Crippen LogP) is 2.86. The smallest absolute Gasteiger partial charge is 0.263 e. The average Bonchev–Trinajstić information content (AvgIpc) is 2.62. The number of sulfonamides is 1. The normalized spacial score (nSPS) is 17.1. The molecule has 0 unspecified atom stereocenters. The van der Waals surface area contributed by atoms with Crippen LogP contribution in [-0.2, 0) is 24.3 Å². The maximum absolute atomic E-state index is 12.7. The molecule has 0 N–H and O–H groups in total. The molecule has 0 radical (unpaired) electrons. The van der Waals surface area contributed by atoms with Crippen LogP contribution in [0, 0.1) is 13.8 Å². The molecule has 0 atom stereocenters. The van der Waals surface area contributed by atoms with Crippen molar-refractivity contribution in [3.63, 3.8) is 0 Å². The van der Waals surface area contributed by atoms with Crippen molar-refractivity contribution in [2.24, 2.45) is 0 Å². The molecule has 8 heteroatoms. The molecule has 1 fully saturated rings. The summed E-state index contributed by atoms with van der Waals surface area (Å²) in [7, 11) is -7.43. The van der Waals surface area contributed by atoms with Gasteiger partial charge in [-0.15, -0.1) is 0 Å². The van der Waals surface area contributed by atoms with Crippen LogP contribution in [0.15, 0.2) is 58.3 Å². The highest BCUT2D eigenvalue weighted by Crippen LogP contribution is 2.25. The van der Waals surface area contributed by atoms with Gasteiger partial charge in [0, 0.05) is 13.1 Å². The topological polar surface area (TPSA) is 80.8 Å². The van der Waals surface area contributed by atoms with Gasteiger partial charge in [-0.2, -0.15) is 12.7 Å². The lowest BCUT2D eigenvalue weighted by Gasteiger charge is -2.30. The van der Waals surface area contributed by atoms with Gasteiger partial charge >= 0.3 is 0 Å². The monoisotopic (exact) mass is 409 g/mol. The molecule has 1 aliphatic heterocycles. The van der Waals surface area contributed by atoms with Gasteiger partial charge in [0.25, 0.3) is 10.1 Å². The zero-order chi connectivity index (χ0) is 19.7. The largest absolute Gasteiger partial charge is 0.297 e. The Labute approximate surface area is 161 Å². The second-order valence-corrected chi connectivity index (χ2v) is 10.3. The maximum atomic E-state index is 12.7. The van der Waals surface area contributed by atoms with Crippen molar-refractivity contribution in [3.05, 3.63) is 59.7 Å². The SMILES string of the molecule is Cc1ccc(S(=O)(=O)OC2CCN(S(=O)(=O)c3ccc(C)cc3)CC2)cc1. The summed E-state index contributed by atoms with van der Waals surface area (Å²) in [6, 6.07) is 13.2. The van der Waals surface area contributed by atoms with Crippen LogP contribution in [0.1, 0.15) is 24.0 Å². The molecule has 0 spiro atoms. The molecular formula is C19H23NO5S2. The first-order chi connectivity index (χ1) is 12.7. The quantitative estimate of drug-likeness (QED) is 0.710. The Morgan fingerprint density at radius 2 is 1.22 bits per heavy atom. The highest BCUT2D eigenvalue weighted by atomic mass is 32.2. The summed E-state index contributed by atoms with van der Waals surface area (Å²) in [6.07, 6.45) is 0.132. The van der Waals surface area contributed by atoms with Gasteiger partial charge in [0.1, 0.15) is 0 Å². The Morgan fingerprint density at radius 1 is 0.778 bits per heavy atom. The van der Waals surface area contributed by atoms with Crippen LogP contribution >= 0.6 is 0 Å². The third kappa shape index (κ3) is 4.57. The first-order valence-corrected chi connectivity index (χ1v) is 11.6. The zero-order valence-corrected chi connectivity index (χ0v) is 17.0. The lowest BCUT2D eigenvalue weighted by Crippen LogP contribution is -2.41. The van der Waals surface area contributed by atoms with Crippen molar-refractivity contribution in [3.8, 4) is 0 Å². The van der Waals surface area contributed by atoms with Crippen LogP contribution in [0.2, 0.25) is 0 Å². The summed E-state index contributed by atoms with van der Waals surface area (Å²) < 4.78 is 56.9. The van der Waals surface area contributed by atoms with Gasteiger partial charge < -0.3 is 0 Å². The fourth-order valence-electron chi connectivity index (χ4n) is 2.97. The summed E-state index contributed by atoms with van der Waals surface area (Å²) in [5.74, 6) is 0. The van der Waals surface area contributed by atoms with Crippen LogP contribution in [0.25, 0.3) is 0 Å². The van der Waals surface area contributed by atoms with Crippen molar-refractivity contribution in [1.82, 2.24) is 4.31 Å². The molecule has 1 aliphatic rings. The van der Waals surface area contributed by atoms with Crippen molar-refractivity contribution < 1.29 is 21.0 Å². The van der Waals surface area contributed by atoms with Gasteiger partial charge in [0.2, 0.25) is 10.0 Å². The van der Waals surface area contributed by atoms with Crippen LogP contribution < -0.4 is 0 Å². The maximum Gasteiger partial charge on any atom is 0.297 e. The van der Waals surface area contributed by atoms with Crippen molar-refractivity contribution in [2.75, 3.05) is 13.1 Å². The first kappa shape index (κ1) is 20.0. The van der Waals surface area contributed by atoms with Gasteiger partial charge in [-0.1, -0.05) is 35.4 Å². The molecule has 0 amide bonds. The average molecular weight is 410 g/mol. The van der Waals surface area contributed by atoms with Gasteiger partial charge in [-0.25, -0.2) is 8.42 Å². The van der Waals surface area contributed by atoms with Gasteiger partial charge in [0.15, 0.2) is 0 Å². The molecule has 146 valence electrons. The molecule has 1 heterocycles.